The van der Waals surface area contributed by atoms with E-state index in [1.165, 1.54) is 33.3 Å². The summed E-state index contributed by atoms with van der Waals surface area (Å²) < 4.78 is 36.2. The normalized spacial score (nSPS) is 15.8. The summed E-state index contributed by atoms with van der Waals surface area (Å²) >= 11 is 18.6. The Hall–Kier alpha value is -7.28. The predicted molar refractivity (Wildman–Crippen MR) is 364 cm³/mol. The van der Waals surface area contributed by atoms with Crippen LogP contribution in [0.2, 0.25) is 15.1 Å². The SMILES string of the molecule is CC(C)C(=O)O.CCOCC.COc1ccc(C2NCCc3c2[nH]c2ccc(Cl)cc32)cc1.COc1ccc(C2c3[nH]c4ccc(Cl)cc4c3CCN2C(=O)C(C)C)cc1.COc1ccc(C2c3[nH]c4ccc(Cl)cc4c3CCN2C(=O)[C@H](C)N)cc1.Cl.[2H]CF. The van der Waals surface area contributed by atoms with Crippen molar-refractivity contribution in [1.29, 1.82) is 0 Å². The second kappa shape index (κ2) is 33.7. The number of H-pyrrole nitrogens is 3. The third-order valence-corrected chi connectivity index (χ3v) is 16.5. The molecule has 0 bridgehead atoms. The standard InChI is InChI=1S/C22H23ClN2O2.C21H22ClN3O2.C18H17ClN2O.C4H8O2.C4H10O.CH3F.ClH/c1-13(2)22(26)25-11-10-17-18-12-15(23)6-9-19(18)24-20(17)21(25)14-4-7-16(27-3)8-5-14;1-12(23)21(26)25-10-9-16-17-11-14(22)5-8-18(17)24-19(16)20(25)13-3-6-15(27-2)7-4-13;1-22-13-5-2-11(3-6-13)17-18-14(8-9-20-17)15-10-12(19)4-7-16(15)21-18;1-3(2)4(5)6;1-3-5-4-2;1-2;/h4-9,12-13,21,24H,10-11H2,1-3H3;3-8,11-12,20,24H,9-10,23H2,1-2H3;2-7,10,17,20-21H,8-9H2,1H3;3H,1-2H3,(H,5,6);3-4H2,1-2H3;1H3;1H/t;12-,20?;;;;;/m.0...../s1/i;;;;;1D;. The van der Waals surface area contributed by atoms with E-state index in [2.05, 4.69) is 44.5 Å². The number of aromatic nitrogens is 3. The topological polar surface area (TPSA) is 200 Å². The Morgan fingerprint density at radius 3 is 1.24 bits per heavy atom. The summed E-state index contributed by atoms with van der Waals surface area (Å²) in [7, 11) is 3.98. The van der Waals surface area contributed by atoms with Gasteiger partial charge in [0.2, 0.25) is 11.8 Å². The van der Waals surface area contributed by atoms with Crippen molar-refractivity contribution < 1.29 is 44.2 Å². The van der Waals surface area contributed by atoms with Gasteiger partial charge in [-0.1, -0.05) is 98.9 Å². The molecule has 6 heterocycles. The number of nitrogens with zero attached hydrogens (tertiary/aromatic N) is 2. The van der Waals surface area contributed by atoms with Crippen molar-refractivity contribution in [2.24, 2.45) is 17.6 Å². The molecule has 12 rings (SSSR count). The van der Waals surface area contributed by atoms with E-state index >= 15 is 0 Å². The minimum Gasteiger partial charge on any atom is -0.497 e. The second-order valence-electron chi connectivity index (χ2n) is 22.2. The monoisotopic (exact) mass is 1310 g/mol. The van der Waals surface area contributed by atoms with Gasteiger partial charge in [0.25, 0.3) is 0 Å². The smallest absolute Gasteiger partial charge is 0.305 e. The number of rotatable bonds is 11. The van der Waals surface area contributed by atoms with E-state index in [0.717, 1.165) is 116 Å². The molecule has 90 heavy (non-hydrogen) atoms. The zero-order valence-corrected chi connectivity index (χ0v) is 55.7. The number of alkyl halides is 1. The highest BCUT2D eigenvalue weighted by molar-refractivity contribution is 6.32. The third-order valence-electron chi connectivity index (χ3n) is 15.8. The molecule has 2 amide bonds. The van der Waals surface area contributed by atoms with E-state index < -0.39 is 19.2 Å². The lowest BCUT2D eigenvalue weighted by Gasteiger charge is -2.37. The maximum absolute atomic E-state index is 13.0. The number of methoxy groups -OCH3 is 3. The molecular weight excluding hydrogens is 1230 g/mol. The van der Waals surface area contributed by atoms with Gasteiger partial charge in [0.15, 0.2) is 0 Å². The average Bonchev–Trinajstić information content (AvgIpc) is 1.73. The molecule has 0 spiro atoms. The number of hydrogen-bond donors (Lipinski definition) is 6. The molecule has 3 unspecified atom stereocenters. The number of carbonyl (C=O) groups is 3. The zero-order chi connectivity index (χ0) is 65.3. The highest BCUT2D eigenvalue weighted by Gasteiger charge is 2.37. The van der Waals surface area contributed by atoms with E-state index in [9.17, 15) is 18.8 Å². The number of aromatic amines is 3. The molecule has 6 aromatic carbocycles. The molecule has 15 nitrogen and oxygen atoms in total. The Morgan fingerprint density at radius 2 is 0.922 bits per heavy atom. The van der Waals surface area contributed by atoms with E-state index in [-0.39, 0.29) is 54.2 Å². The van der Waals surface area contributed by atoms with Crippen molar-refractivity contribution in [3.05, 3.63) is 193 Å². The zero-order valence-electron chi connectivity index (χ0n) is 53.6. The number of amides is 2. The van der Waals surface area contributed by atoms with E-state index in [1.807, 2.05) is 141 Å². The molecule has 7 N–H and O–H groups in total. The molecule has 0 saturated carbocycles. The average molecular weight is 1310 g/mol. The lowest BCUT2D eigenvalue weighted by molar-refractivity contribution is -0.140. The number of ether oxygens (including phenoxy) is 4. The third kappa shape index (κ3) is 17.0. The molecule has 3 aliphatic heterocycles. The van der Waals surface area contributed by atoms with E-state index in [0.29, 0.717) is 18.1 Å². The quantitative estimate of drug-likeness (QED) is 0.0724. The van der Waals surface area contributed by atoms with E-state index in [1.54, 1.807) is 42.1 Å². The minimum absolute atomic E-state index is 0. The van der Waals surface area contributed by atoms with Gasteiger partial charge < -0.3 is 59.9 Å². The van der Waals surface area contributed by atoms with Crippen molar-refractivity contribution in [1.82, 2.24) is 30.1 Å². The van der Waals surface area contributed by atoms with E-state index in [4.69, 9.17) is 66.0 Å². The Morgan fingerprint density at radius 1 is 0.578 bits per heavy atom. The van der Waals surface area contributed by atoms with Crippen LogP contribution >= 0.6 is 47.2 Å². The first-order valence-electron chi connectivity index (χ1n) is 30.5. The fourth-order valence-corrected chi connectivity index (χ4v) is 11.9. The van der Waals surface area contributed by atoms with Gasteiger partial charge in [0.05, 0.1) is 59.9 Å². The number of aliphatic carboxylic acids is 1. The van der Waals surface area contributed by atoms with Crippen molar-refractivity contribution >= 4 is 97.7 Å². The van der Waals surface area contributed by atoms with Crippen LogP contribution in [0.15, 0.2) is 127 Å². The molecule has 4 atom stereocenters. The van der Waals surface area contributed by atoms with Crippen molar-refractivity contribution in [3.8, 4) is 17.2 Å². The fourth-order valence-electron chi connectivity index (χ4n) is 11.3. The van der Waals surface area contributed by atoms with Crippen LogP contribution < -0.4 is 25.3 Å². The first-order chi connectivity index (χ1) is 43.2. The highest BCUT2D eigenvalue weighted by Crippen LogP contribution is 2.42. The van der Waals surface area contributed by atoms with Gasteiger partial charge >= 0.3 is 5.97 Å². The van der Waals surface area contributed by atoms with Gasteiger partial charge in [-0.15, -0.1) is 12.4 Å². The molecule has 0 aliphatic carbocycles. The number of carboxylic acid groups (broad SMARTS) is 1. The minimum atomic E-state index is -1.00. The van der Waals surface area contributed by atoms with Crippen molar-refractivity contribution in [2.45, 2.75) is 91.9 Å². The molecule has 20 heteroatoms. The van der Waals surface area contributed by atoms with Crippen molar-refractivity contribution in [2.75, 3.05) is 61.3 Å². The summed E-state index contributed by atoms with van der Waals surface area (Å²) in [5.74, 6) is 1.55. The molecule has 9 aromatic rings. The van der Waals surface area contributed by atoms with Gasteiger partial charge in [0.1, 0.15) is 17.2 Å². The van der Waals surface area contributed by atoms with Crippen LogP contribution in [0, 0.1) is 11.8 Å². The van der Waals surface area contributed by atoms with Gasteiger partial charge in [-0.3, -0.25) is 18.8 Å². The summed E-state index contributed by atoms with van der Waals surface area (Å²) in [6.45, 7) is 16.9. The van der Waals surface area contributed by atoms with Crippen LogP contribution in [0.3, 0.4) is 0 Å². The molecule has 0 saturated heterocycles. The summed E-state index contributed by atoms with van der Waals surface area (Å²) in [5.41, 5.74) is 19.7. The highest BCUT2D eigenvalue weighted by atomic mass is 35.5. The second-order valence-corrected chi connectivity index (χ2v) is 23.5. The Labute approximate surface area is 549 Å². The largest absolute Gasteiger partial charge is 0.497 e. The van der Waals surface area contributed by atoms with Crippen LogP contribution in [0.25, 0.3) is 32.7 Å². The number of nitrogens with one attached hydrogen (secondary N) is 4. The molecule has 0 radical (unpaired) electrons. The van der Waals surface area contributed by atoms with Gasteiger partial charge in [0, 0.05) is 104 Å². The fraction of sp³-hybridized carbons (Fsp3) is 0.357. The number of halogens is 5. The molecular formula is C70H84Cl4FN7O8. The number of hydrogen-bond acceptors (Lipinski definition) is 9. The van der Waals surface area contributed by atoms with Crippen LogP contribution in [0.5, 0.6) is 17.2 Å². The molecule has 0 fully saturated rings. The molecule has 3 aromatic heterocycles. The number of nitrogens with two attached hydrogens (primary N) is 1. The maximum atomic E-state index is 13.0. The van der Waals surface area contributed by atoms with Crippen LogP contribution in [-0.2, 0) is 38.4 Å². The first kappa shape index (κ1) is 70.2. The lowest BCUT2D eigenvalue weighted by atomic mass is 9.91. The molecule has 482 valence electrons. The lowest BCUT2D eigenvalue weighted by Crippen LogP contribution is -2.47. The van der Waals surface area contributed by atoms with Crippen LogP contribution in [-0.4, -0.2) is 115 Å². The Bertz CT molecular complexity index is 3660. The first-order valence-corrected chi connectivity index (χ1v) is 30.9. The Kier molecular flexibility index (Phi) is 26.3. The molecule has 3 aliphatic rings. The predicted octanol–water partition coefficient (Wildman–Crippen LogP) is 15.5. The van der Waals surface area contributed by atoms with Gasteiger partial charge in [-0.25, -0.2) is 0 Å². The summed E-state index contributed by atoms with van der Waals surface area (Å²) in [6, 6.07) is 41.1. The summed E-state index contributed by atoms with van der Waals surface area (Å²) in [4.78, 5) is 50.0. The van der Waals surface area contributed by atoms with Crippen LogP contribution in [0.1, 0.15) is 118 Å². The Balaban J connectivity index is 0.000000196. The number of fused-ring (bicyclic) bond motifs is 9. The number of carbonyl (C=O) groups excluding carboxylic acids is 2. The van der Waals surface area contributed by atoms with Gasteiger partial charge in [-0.05, 0) is 164 Å². The summed E-state index contributed by atoms with van der Waals surface area (Å²) in [5, 5.41) is 17.3. The maximum Gasteiger partial charge on any atom is 0.305 e. The van der Waals surface area contributed by atoms with Gasteiger partial charge in [-0.2, -0.15) is 0 Å². The van der Waals surface area contributed by atoms with Crippen LogP contribution in [0.4, 0.5) is 4.39 Å². The van der Waals surface area contributed by atoms with Crippen molar-refractivity contribution in [3.63, 3.8) is 0 Å². The number of benzene rings is 6. The summed E-state index contributed by atoms with van der Waals surface area (Å²) in [6.07, 6.45) is 2.60. The number of carboxylic acids is 1.